The molecule has 0 spiro atoms. The van der Waals surface area contributed by atoms with Crippen molar-refractivity contribution in [1.29, 1.82) is 0 Å². The normalized spacial score (nSPS) is 9.88. The van der Waals surface area contributed by atoms with Gasteiger partial charge in [0.05, 0.1) is 31.7 Å². The van der Waals surface area contributed by atoms with E-state index in [4.69, 9.17) is 50.4 Å². The van der Waals surface area contributed by atoms with E-state index in [9.17, 15) is 0 Å². The van der Waals surface area contributed by atoms with E-state index in [2.05, 4.69) is 364 Å². The van der Waals surface area contributed by atoms with Crippen molar-refractivity contribution in [3.05, 3.63) is 364 Å². The molecule has 0 saturated carbocycles. The minimum atomic E-state index is -3.65. The summed E-state index contributed by atoms with van der Waals surface area (Å²) in [4.78, 5) is 0. The van der Waals surface area contributed by atoms with E-state index in [-0.39, 0.29) is 89.5 Å². The Balaban J connectivity index is 0.000000586. The van der Waals surface area contributed by atoms with Crippen molar-refractivity contribution in [1.82, 2.24) is 0 Å². The van der Waals surface area contributed by atoms with Gasteiger partial charge in [-0.15, -0.1) is 0 Å². The van der Waals surface area contributed by atoms with Gasteiger partial charge in [-0.1, -0.05) is 218 Å². The zero-order chi connectivity index (χ0) is 66.0. The third kappa shape index (κ3) is 36.9. The molecule has 0 N–H and O–H groups in total. The maximum Gasteiger partial charge on any atom is 1.00 e. The van der Waals surface area contributed by atoms with Crippen LogP contribution in [0.3, 0.4) is 0 Å². The molecule has 96 heavy (non-hydrogen) atoms. The summed E-state index contributed by atoms with van der Waals surface area (Å²) in [5, 5.41) is 17.2. The number of halogens is 4. The van der Waals surface area contributed by atoms with Gasteiger partial charge in [0.1, 0.15) is 63.7 Å². The summed E-state index contributed by atoms with van der Waals surface area (Å²) in [5.74, 6) is 0. The maximum absolute atomic E-state index is 8.52. The molecule has 0 radical (unpaired) electrons. The average molecular weight is 2000 g/mol. The quantitative estimate of drug-likeness (QED) is 0.0992. The van der Waals surface area contributed by atoms with Gasteiger partial charge in [-0.25, -0.2) is 0 Å². The summed E-state index contributed by atoms with van der Waals surface area (Å²) in [6.45, 7) is 0. The Morgan fingerprint density at radius 2 is 0.177 bits per heavy atom. The van der Waals surface area contributed by atoms with Crippen LogP contribution in [0.25, 0.3) is 0 Å². The SMILES string of the molecule is [Ag+].[Ag+].[Ag+].[Ag+].[O-][Br+2]([O-])[O-].[O-][Br+2]([O-])[O-].[O-][Br+2]([O-])[O-].[O-][Br+2]([O-])[O-].c1ccc([PH+](c2ccccc2)c2ccccc2)cc1.c1ccc([PH+](c2ccccc2)c2ccccc2)cc1.c1ccc([PH+](c2ccccc2)c2ccccc2)cc1.c1ccc([PH+](c2ccccc2)c2ccccc2)cc1. The molecule has 12 nitrogen and oxygen atoms in total. The molecule has 0 atom stereocenters. The van der Waals surface area contributed by atoms with Crippen molar-refractivity contribution in [3.63, 3.8) is 0 Å². The van der Waals surface area contributed by atoms with Crippen LogP contribution < -0.4 is 114 Å². The van der Waals surface area contributed by atoms with Crippen LogP contribution in [-0.4, -0.2) is 0 Å². The van der Waals surface area contributed by atoms with Crippen molar-refractivity contribution >= 4 is 95.3 Å². The topological polar surface area (TPSA) is 277 Å². The van der Waals surface area contributed by atoms with Gasteiger partial charge in [-0.3, -0.25) is 0 Å². The summed E-state index contributed by atoms with van der Waals surface area (Å²) in [6.07, 6.45) is 0. The Kier molecular flexibility index (Phi) is 52.4. The van der Waals surface area contributed by atoms with E-state index in [1.165, 1.54) is 63.7 Å². The van der Waals surface area contributed by atoms with Gasteiger partial charge in [0, 0.05) is 0 Å². The van der Waals surface area contributed by atoms with Crippen LogP contribution in [0, 0.1) is 59.3 Å². The van der Waals surface area contributed by atoms with E-state index in [1.54, 1.807) is 0 Å². The van der Waals surface area contributed by atoms with Crippen LogP contribution >= 0.6 is 31.7 Å². The van der Waals surface area contributed by atoms with Crippen LogP contribution in [0.1, 0.15) is 0 Å². The summed E-state index contributed by atoms with van der Waals surface area (Å²) < 4.78 is 102. The molecule has 12 aromatic rings. The Morgan fingerprint density at radius 1 is 0.125 bits per heavy atom. The minimum absolute atomic E-state index is 0. The van der Waals surface area contributed by atoms with E-state index in [1.807, 2.05) is 0 Å². The molecule has 0 saturated heterocycles. The standard InChI is InChI=1S/4C18H15P.4Ag.4BrO3/c4*1-4-10-16(11-5-1)19(17-12-6-2-7-13-17)18-14-8-3-9-15-18;;;;;4*2-1(3)4/h4*1-15H;;;;;;;;/q;;;;4*+1;4*-1/p+4. The van der Waals surface area contributed by atoms with Crippen LogP contribution in [0.4, 0.5) is 0 Å². The molecule has 512 valence electrons. The first-order valence-corrected chi connectivity index (χ1v) is 41.5. The molecular formula is C72H64Ag4Br4O12P4+4. The van der Waals surface area contributed by atoms with Gasteiger partial charge in [0.2, 0.25) is 59.3 Å². The minimum Gasteiger partial charge on any atom is -0.405 e. The second-order valence-corrected chi connectivity index (χ2v) is 31.7. The van der Waals surface area contributed by atoms with E-state index in [0.717, 1.165) is 0 Å². The van der Waals surface area contributed by atoms with Crippen molar-refractivity contribution in [2.75, 3.05) is 0 Å². The van der Waals surface area contributed by atoms with Crippen LogP contribution in [0.5, 0.6) is 0 Å². The number of hydrogen-bond acceptors (Lipinski definition) is 12. The van der Waals surface area contributed by atoms with Gasteiger partial charge in [-0.2, -0.15) is 0 Å². The summed E-state index contributed by atoms with van der Waals surface area (Å²) in [7, 11) is -3.51. The predicted molar refractivity (Wildman–Crippen MR) is 346 cm³/mol. The number of benzene rings is 12. The van der Waals surface area contributed by atoms with Gasteiger partial charge in [0.15, 0.2) is 0 Å². The maximum atomic E-state index is 8.52. The molecule has 12 aromatic carbocycles. The zero-order valence-corrected chi connectivity index (χ0v) is 66.5. The zero-order valence-electron chi connectivity index (χ0n) is 50.3. The fourth-order valence-corrected chi connectivity index (χ4v) is 19.6. The molecule has 0 unspecified atom stereocenters. The van der Waals surface area contributed by atoms with Crippen molar-refractivity contribution < 1.29 is 199 Å². The molecule has 12 rings (SSSR count). The molecule has 0 bridgehead atoms. The second kappa shape index (κ2) is 55.4. The van der Waals surface area contributed by atoms with Crippen molar-refractivity contribution in [3.8, 4) is 0 Å². The smallest absolute Gasteiger partial charge is 0.405 e. The van der Waals surface area contributed by atoms with E-state index in [0.29, 0.717) is 0 Å². The summed E-state index contributed by atoms with van der Waals surface area (Å²) in [6, 6.07) is 130. The van der Waals surface area contributed by atoms with Crippen LogP contribution in [0.15, 0.2) is 364 Å². The van der Waals surface area contributed by atoms with Crippen molar-refractivity contribution in [2.45, 2.75) is 0 Å². The molecule has 0 amide bonds. The predicted octanol–water partition coefficient (Wildman–Crippen LogP) is -1.57. The fraction of sp³-hybridized carbons (Fsp3) is 0. The Bertz CT molecular complexity index is 2850. The van der Waals surface area contributed by atoms with Crippen molar-refractivity contribution in [2.24, 2.45) is 0 Å². The molecule has 24 heteroatoms. The van der Waals surface area contributed by atoms with E-state index >= 15 is 0 Å². The first-order chi connectivity index (χ1) is 44.7. The van der Waals surface area contributed by atoms with Gasteiger partial charge in [-0.05, 0) is 146 Å². The fourth-order valence-electron chi connectivity index (χ4n) is 9.26. The molecule has 0 fully saturated rings. The third-order valence-electron chi connectivity index (χ3n) is 12.7. The average Bonchev–Trinajstić information content (AvgIpc) is 0.876. The number of hydrogen-bond donors (Lipinski definition) is 0. The molecule has 0 heterocycles. The molecule has 0 aromatic heterocycles. The largest absolute Gasteiger partial charge is 1.00 e. The number of rotatable bonds is 12. The second-order valence-electron chi connectivity index (χ2n) is 18.6. The molecular weight excluding hydrogens is 1930 g/mol. The van der Waals surface area contributed by atoms with Crippen LogP contribution in [0.2, 0.25) is 0 Å². The monoisotopic (exact) mass is 1990 g/mol. The van der Waals surface area contributed by atoms with Gasteiger partial charge < -0.3 is 50.4 Å². The van der Waals surface area contributed by atoms with Gasteiger partial charge >= 0.3 is 89.5 Å². The summed E-state index contributed by atoms with van der Waals surface area (Å²) in [5.41, 5.74) is 0. The summed E-state index contributed by atoms with van der Waals surface area (Å²) >= 11 is -14.6. The first kappa shape index (κ1) is 90.8. The molecule has 0 aliphatic rings. The molecule has 0 aliphatic heterocycles. The van der Waals surface area contributed by atoms with Gasteiger partial charge in [0.25, 0.3) is 0 Å². The Morgan fingerprint density at radius 3 is 0.229 bits per heavy atom. The third-order valence-corrected chi connectivity index (χ3v) is 23.7. The van der Waals surface area contributed by atoms with Crippen LogP contribution in [-0.2, 0) is 89.5 Å². The van der Waals surface area contributed by atoms with E-state index < -0.39 is 90.9 Å². The Labute approximate surface area is 650 Å². The Hall–Kier alpha value is -3.24. The molecule has 0 aliphatic carbocycles. The first-order valence-electron chi connectivity index (χ1n) is 27.8.